The lowest BCUT2D eigenvalue weighted by atomic mass is 9.83. The number of phenolic OH excluding ortho intramolecular Hbond substituents is 2. The van der Waals surface area contributed by atoms with Crippen LogP contribution in [0.15, 0.2) is 30.3 Å². The van der Waals surface area contributed by atoms with Crippen LogP contribution in [0.2, 0.25) is 0 Å². The predicted octanol–water partition coefficient (Wildman–Crippen LogP) is 1.46. The van der Waals surface area contributed by atoms with Gasteiger partial charge in [0.05, 0.1) is 5.56 Å². The van der Waals surface area contributed by atoms with E-state index >= 15 is 0 Å². The minimum Gasteiger partial charge on any atom is -0.504 e. The second-order valence-corrected chi connectivity index (χ2v) is 4.32. The molecule has 0 amide bonds. The highest BCUT2D eigenvalue weighted by atomic mass is 16.3. The summed E-state index contributed by atoms with van der Waals surface area (Å²) in [5.41, 5.74) is 6.24. The van der Waals surface area contributed by atoms with Crippen molar-refractivity contribution < 1.29 is 19.8 Å². The average molecular weight is 255 g/mol. The molecular weight excluding hydrogens is 246 g/mol. The van der Waals surface area contributed by atoms with Gasteiger partial charge in [-0.2, -0.15) is 0 Å². The van der Waals surface area contributed by atoms with Crippen LogP contribution in [0.25, 0.3) is 0 Å². The molecule has 5 nitrogen and oxygen atoms in total. The van der Waals surface area contributed by atoms with Gasteiger partial charge in [0.15, 0.2) is 23.1 Å². The number of rotatable bonds is 0. The number of phenols is 2. The van der Waals surface area contributed by atoms with Crippen molar-refractivity contribution in [1.29, 1.82) is 0 Å². The van der Waals surface area contributed by atoms with Crippen molar-refractivity contribution in [2.75, 3.05) is 5.73 Å². The number of benzene rings is 2. The predicted molar refractivity (Wildman–Crippen MR) is 67.5 cm³/mol. The van der Waals surface area contributed by atoms with E-state index in [9.17, 15) is 19.8 Å². The first-order valence-corrected chi connectivity index (χ1v) is 5.54. The van der Waals surface area contributed by atoms with Crippen molar-refractivity contribution in [3.8, 4) is 11.5 Å². The summed E-state index contributed by atoms with van der Waals surface area (Å²) in [6.07, 6.45) is 0. The molecule has 0 heterocycles. The highest BCUT2D eigenvalue weighted by Gasteiger charge is 2.33. The third-order valence-electron chi connectivity index (χ3n) is 3.16. The molecule has 0 saturated heterocycles. The van der Waals surface area contributed by atoms with Gasteiger partial charge in [0.2, 0.25) is 0 Å². The second-order valence-electron chi connectivity index (χ2n) is 4.32. The lowest BCUT2D eigenvalue weighted by molar-refractivity contribution is 0.0976. The van der Waals surface area contributed by atoms with Gasteiger partial charge in [-0.3, -0.25) is 9.59 Å². The number of nitrogens with two attached hydrogens (primary N) is 1. The van der Waals surface area contributed by atoms with Crippen LogP contribution in [0.1, 0.15) is 31.8 Å². The zero-order chi connectivity index (χ0) is 13.7. The van der Waals surface area contributed by atoms with Gasteiger partial charge < -0.3 is 15.9 Å². The molecule has 0 unspecified atom stereocenters. The van der Waals surface area contributed by atoms with E-state index in [1.807, 2.05) is 0 Å². The summed E-state index contributed by atoms with van der Waals surface area (Å²) < 4.78 is 0. The largest absolute Gasteiger partial charge is 0.504 e. The molecule has 3 rings (SSSR count). The Morgan fingerprint density at radius 3 is 2.26 bits per heavy atom. The van der Waals surface area contributed by atoms with E-state index in [0.29, 0.717) is 5.69 Å². The Balaban J connectivity index is 2.36. The Kier molecular flexibility index (Phi) is 2.13. The number of ketones is 2. The Morgan fingerprint density at radius 2 is 1.53 bits per heavy atom. The fourth-order valence-electron chi connectivity index (χ4n) is 2.23. The maximum absolute atomic E-state index is 12.3. The molecule has 2 aromatic carbocycles. The van der Waals surface area contributed by atoms with Crippen LogP contribution in [0.3, 0.4) is 0 Å². The third kappa shape index (κ3) is 1.41. The van der Waals surface area contributed by atoms with Gasteiger partial charge in [-0.05, 0) is 30.3 Å². The van der Waals surface area contributed by atoms with Crippen molar-refractivity contribution >= 4 is 17.3 Å². The molecule has 5 heteroatoms. The highest BCUT2D eigenvalue weighted by molar-refractivity contribution is 6.29. The first kappa shape index (κ1) is 11.3. The summed E-state index contributed by atoms with van der Waals surface area (Å²) in [7, 11) is 0. The number of hydrogen-bond donors (Lipinski definition) is 3. The molecule has 94 valence electrons. The van der Waals surface area contributed by atoms with E-state index in [4.69, 9.17) is 5.73 Å². The number of carbonyl (C=O) groups is 2. The zero-order valence-electron chi connectivity index (χ0n) is 9.68. The van der Waals surface area contributed by atoms with E-state index in [1.165, 1.54) is 30.3 Å². The number of hydrogen-bond acceptors (Lipinski definition) is 5. The number of carbonyl (C=O) groups excluding carboxylic acids is 2. The topological polar surface area (TPSA) is 101 Å². The van der Waals surface area contributed by atoms with E-state index in [1.54, 1.807) is 0 Å². The van der Waals surface area contributed by atoms with Crippen LogP contribution in [0.4, 0.5) is 5.69 Å². The fourth-order valence-corrected chi connectivity index (χ4v) is 2.23. The van der Waals surface area contributed by atoms with E-state index in [0.717, 1.165) is 0 Å². The fraction of sp³-hybridized carbons (Fsp3) is 0. The smallest absolute Gasteiger partial charge is 0.198 e. The SMILES string of the molecule is Nc1ccc2c(c1)C(=O)c1c(ccc(O)c1O)C2=O. The number of anilines is 1. The maximum Gasteiger partial charge on any atom is 0.198 e. The number of fused-ring (bicyclic) bond motifs is 2. The number of nitrogen functional groups attached to an aromatic ring is 1. The molecule has 0 spiro atoms. The molecule has 0 aromatic heterocycles. The molecule has 0 saturated carbocycles. The minimum absolute atomic E-state index is 0.0811. The summed E-state index contributed by atoms with van der Waals surface area (Å²) in [4.78, 5) is 24.5. The molecular formula is C14H9NO4. The average Bonchev–Trinajstić information content (AvgIpc) is 2.39. The summed E-state index contributed by atoms with van der Waals surface area (Å²) in [5, 5.41) is 19.2. The van der Waals surface area contributed by atoms with Crippen LogP contribution < -0.4 is 5.73 Å². The van der Waals surface area contributed by atoms with E-state index < -0.39 is 17.3 Å². The Morgan fingerprint density at radius 1 is 0.842 bits per heavy atom. The third-order valence-corrected chi connectivity index (χ3v) is 3.16. The van der Waals surface area contributed by atoms with Gasteiger partial charge in [-0.15, -0.1) is 0 Å². The molecule has 0 bridgehead atoms. The molecule has 2 aromatic rings. The minimum atomic E-state index is -0.580. The van der Waals surface area contributed by atoms with Crippen molar-refractivity contribution in [1.82, 2.24) is 0 Å². The molecule has 1 aliphatic carbocycles. The van der Waals surface area contributed by atoms with Crippen LogP contribution in [-0.4, -0.2) is 21.8 Å². The first-order chi connectivity index (χ1) is 9.00. The first-order valence-electron chi connectivity index (χ1n) is 5.54. The van der Waals surface area contributed by atoms with Crippen LogP contribution >= 0.6 is 0 Å². The van der Waals surface area contributed by atoms with Crippen LogP contribution in [-0.2, 0) is 0 Å². The summed E-state index contributed by atoms with van der Waals surface area (Å²) in [5.74, 6) is -1.92. The van der Waals surface area contributed by atoms with Crippen LogP contribution in [0.5, 0.6) is 11.5 Å². The molecule has 1 aliphatic rings. The van der Waals surface area contributed by atoms with Crippen molar-refractivity contribution in [3.63, 3.8) is 0 Å². The molecule has 0 atom stereocenters. The Bertz CT molecular complexity index is 749. The van der Waals surface area contributed by atoms with Crippen molar-refractivity contribution in [3.05, 3.63) is 52.6 Å². The van der Waals surface area contributed by atoms with E-state index in [-0.39, 0.29) is 28.0 Å². The van der Waals surface area contributed by atoms with Gasteiger partial charge in [-0.25, -0.2) is 0 Å². The summed E-state index contributed by atoms with van der Waals surface area (Å²) >= 11 is 0. The summed E-state index contributed by atoms with van der Waals surface area (Å²) in [6, 6.07) is 6.92. The zero-order valence-corrected chi connectivity index (χ0v) is 9.68. The monoisotopic (exact) mass is 255 g/mol. The molecule has 0 fully saturated rings. The van der Waals surface area contributed by atoms with Gasteiger partial charge in [-0.1, -0.05) is 0 Å². The normalized spacial score (nSPS) is 13.1. The molecule has 4 N–H and O–H groups in total. The van der Waals surface area contributed by atoms with E-state index in [2.05, 4.69) is 0 Å². The lowest BCUT2D eigenvalue weighted by Crippen LogP contribution is -2.21. The molecule has 0 radical (unpaired) electrons. The van der Waals surface area contributed by atoms with Gasteiger partial charge in [0, 0.05) is 22.4 Å². The van der Waals surface area contributed by atoms with Gasteiger partial charge in [0.1, 0.15) is 0 Å². The quantitative estimate of drug-likeness (QED) is 0.417. The Hall–Kier alpha value is -2.82. The standard InChI is InChI=1S/C14H9NO4/c15-6-1-2-7-9(5-6)13(18)11-8(12(7)17)3-4-10(16)14(11)19/h1-5,16,19H,15H2. The molecule has 0 aliphatic heterocycles. The number of aromatic hydroxyl groups is 2. The lowest BCUT2D eigenvalue weighted by Gasteiger charge is -2.18. The van der Waals surface area contributed by atoms with Crippen molar-refractivity contribution in [2.24, 2.45) is 0 Å². The van der Waals surface area contributed by atoms with Crippen molar-refractivity contribution in [2.45, 2.75) is 0 Å². The maximum atomic E-state index is 12.3. The van der Waals surface area contributed by atoms with Gasteiger partial charge >= 0.3 is 0 Å². The van der Waals surface area contributed by atoms with Gasteiger partial charge in [0.25, 0.3) is 0 Å². The summed E-state index contributed by atoms with van der Waals surface area (Å²) in [6.45, 7) is 0. The second kappa shape index (κ2) is 3.58. The Labute approximate surface area is 107 Å². The highest BCUT2D eigenvalue weighted by Crippen LogP contribution is 2.38. The molecule has 19 heavy (non-hydrogen) atoms. The van der Waals surface area contributed by atoms with Crippen LogP contribution in [0, 0.1) is 0 Å².